The van der Waals surface area contributed by atoms with Crippen molar-refractivity contribution in [2.24, 2.45) is 13.0 Å². The minimum Gasteiger partial charge on any atom is -0.333 e. The van der Waals surface area contributed by atoms with Crippen molar-refractivity contribution in [1.82, 2.24) is 19.6 Å². The van der Waals surface area contributed by atoms with Gasteiger partial charge in [-0.2, -0.15) is 5.10 Å². The molecule has 5 heteroatoms. The summed E-state index contributed by atoms with van der Waals surface area (Å²) >= 11 is 0. The van der Waals surface area contributed by atoms with Crippen LogP contribution in [-0.4, -0.2) is 51.2 Å². The maximum atomic E-state index is 13.4. The predicted molar refractivity (Wildman–Crippen MR) is 118 cm³/mol. The van der Waals surface area contributed by atoms with Gasteiger partial charge in [0, 0.05) is 39.3 Å². The van der Waals surface area contributed by atoms with Crippen LogP contribution in [0.5, 0.6) is 0 Å². The molecule has 2 bridgehead atoms. The Kier molecular flexibility index (Phi) is 5.13. The van der Waals surface area contributed by atoms with Gasteiger partial charge in [-0.1, -0.05) is 60.7 Å². The molecule has 0 unspecified atom stereocenters. The highest BCUT2D eigenvalue weighted by Gasteiger charge is 2.38. The van der Waals surface area contributed by atoms with Gasteiger partial charge >= 0.3 is 0 Å². The number of piperidine rings is 1. The van der Waals surface area contributed by atoms with Crippen molar-refractivity contribution in [3.63, 3.8) is 0 Å². The molecule has 154 valence electrons. The quantitative estimate of drug-likeness (QED) is 0.669. The predicted octanol–water partition coefficient (Wildman–Crippen LogP) is 3.82. The van der Waals surface area contributed by atoms with E-state index in [-0.39, 0.29) is 11.9 Å². The van der Waals surface area contributed by atoms with E-state index in [2.05, 4.69) is 57.4 Å². The van der Waals surface area contributed by atoms with Crippen molar-refractivity contribution in [1.29, 1.82) is 0 Å². The Bertz CT molecular complexity index is 1010. The zero-order chi connectivity index (χ0) is 20.5. The number of hydrogen-bond donors (Lipinski definition) is 0. The first-order chi connectivity index (χ1) is 14.7. The van der Waals surface area contributed by atoms with Gasteiger partial charge in [-0.15, -0.1) is 0 Å². The average Bonchev–Trinajstić information content (AvgIpc) is 2.95. The van der Waals surface area contributed by atoms with Gasteiger partial charge in [0.2, 0.25) is 0 Å². The lowest BCUT2D eigenvalue weighted by Crippen LogP contribution is -2.47. The van der Waals surface area contributed by atoms with Crippen LogP contribution in [0.15, 0.2) is 66.7 Å². The summed E-state index contributed by atoms with van der Waals surface area (Å²) in [7, 11) is 1.91. The molecule has 30 heavy (non-hydrogen) atoms. The third-order valence-electron chi connectivity index (χ3n) is 6.47. The maximum Gasteiger partial charge on any atom is 0.274 e. The van der Waals surface area contributed by atoms with E-state index in [1.807, 2.05) is 36.0 Å². The molecule has 0 N–H and O–H groups in total. The van der Waals surface area contributed by atoms with Crippen LogP contribution >= 0.6 is 0 Å². The van der Waals surface area contributed by atoms with Crippen molar-refractivity contribution in [2.75, 3.05) is 19.6 Å². The molecule has 2 atom stereocenters. The molecule has 0 radical (unpaired) electrons. The summed E-state index contributed by atoms with van der Waals surface area (Å²) in [4.78, 5) is 18.1. The summed E-state index contributed by atoms with van der Waals surface area (Å²) in [5, 5.41) is 4.57. The van der Waals surface area contributed by atoms with Gasteiger partial charge in [-0.05, 0) is 36.0 Å². The Morgan fingerprint density at radius 2 is 1.70 bits per heavy atom. The number of carbonyl (C=O) groups excluding carboxylic acids is 1. The van der Waals surface area contributed by atoms with Crippen LogP contribution in [0, 0.1) is 5.92 Å². The zero-order valence-electron chi connectivity index (χ0n) is 17.4. The molecule has 3 fully saturated rings. The number of fused-ring (bicyclic) bond motifs is 4. The summed E-state index contributed by atoms with van der Waals surface area (Å²) in [5.74, 6) is 0.609. The number of rotatable bonds is 4. The topological polar surface area (TPSA) is 41.4 Å². The number of aromatic nitrogens is 2. The largest absolute Gasteiger partial charge is 0.333 e. The van der Waals surface area contributed by atoms with Crippen molar-refractivity contribution in [3.8, 4) is 11.3 Å². The normalized spacial score (nSPS) is 21.6. The lowest BCUT2D eigenvalue weighted by Gasteiger charge is -2.35. The Hall–Kier alpha value is -2.92. The first kappa shape index (κ1) is 19.1. The zero-order valence-corrected chi connectivity index (χ0v) is 17.4. The fourth-order valence-corrected chi connectivity index (χ4v) is 5.00. The molecule has 0 spiro atoms. The first-order valence-corrected chi connectivity index (χ1v) is 10.8. The highest BCUT2D eigenvalue weighted by Crippen LogP contribution is 2.30. The van der Waals surface area contributed by atoms with Crippen LogP contribution in [0.1, 0.15) is 28.9 Å². The maximum absolute atomic E-state index is 13.4. The van der Waals surface area contributed by atoms with Crippen molar-refractivity contribution in [2.45, 2.75) is 25.4 Å². The molecule has 1 aromatic heterocycles. The molecular formula is C25H28N4O. The summed E-state index contributed by atoms with van der Waals surface area (Å²) < 4.78 is 1.82. The van der Waals surface area contributed by atoms with E-state index >= 15 is 0 Å². The minimum atomic E-state index is 0.0732. The molecule has 3 aliphatic rings. The van der Waals surface area contributed by atoms with E-state index < -0.39 is 0 Å². The fourth-order valence-electron chi connectivity index (χ4n) is 5.00. The number of carbonyl (C=O) groups is 1. The van der Waals surface area contributed by atoms with Gasteiger partial charge in [0.1, 0.15) is 0 Å². The third-order valence-corrected chi connectivity index (χ3v) is 6.47. The van der Waals surface area contributed by atoms with Crippen molar-refractivity contribution in [3.05, 3.63) is 78.0 Å². The Morgan fingerprint density at radius 1 is 0.967 bits per heavy atom. The average molecular weight is 401 g/mol. The van der Waals surface area contributed by atoms with Gasteiger partial charge in [0.05, 0.1) is 5.69 Å². The fraction of sp³-hybridized carbons (Fsp3) is 0.360. The molecule has 4 heterocycles. The van der Waals surface area contributed by atoms with E-state index in [1.54, 1.807) is 0 Å². The van der Waals surface area contributed by atoms with Crippen LogP contribution in [0.3, 0.4) is 0 Å². The molecule has 3 saturated heterocycles. The SMILES string of the molecule is Cn1nc(C(=O)N2C[C@H]3CC[C@@H]2CN(Cc2ccccc2)C3)cc1-c1ccccc1. The summed E-state index contributed by atoms with van der Waals surface area (Å²) in [6.45, 7) is 3.80. The number of aryl methyl sites for hydroxylation is 1. The monoisotopic (exact) mass is 400 g/mol. The lowest BCUT2D eigenvalue weighted by atomic mass is 9.94. The molecule has 3 aliphatic heterocycles. The smallest absolute Gasteiger partial charge is 0.274 e. The summed E-state index contributed by atoms with van der Waals surface area (Å²) in [6, 6.07) is 23.0. The van der Waals surface area contributed by atoms with Crippen LogP contribution in [0.25, 0.3) is 11.3 Å². The van der Waals surface area contributed by atoms with Crippen LogP contribution in [0.2, 0.25) is 0 Å². The second-order valence-electron chi connectivity index (χ2n) is 8.64. The number of hydrogen-bond acceptors (Lipinski definition) is 3. The molecule has 1 amide bonds. The van der Waals surface area contributed by atoms with Gasteiger partial charge in [-0.25, -0.2) is 0 Å². The van der Waals surface area contributed by atoms with E-state index in [9.17, 15) is 4.79 Å². The molecule has 2 aromatic carbocycles. The van der Waals surface area contributed by atoms with Crippen LogP contribution in [-0.2, 0) is 13.6 Å². The Morgan fingerprint density at radius 3 is 2.47 bits per heavy atom. The van der Waals surface area contributed by atoms with Crippen LogP contribution < -0.4 is 0 Å². The van der Waals surface area contributed by atoms with Gasteiger partial charge < -0.3 is 4.90 Å². The molecule has 5 nitrogen and oxygen atoms in total. The van der Waals surface area contributed by atoms with Crippen molar-refractivity contribution < 1.29 is 4.79 Å². The second kappa shape index (κ2) is 8.07. The molecule has 3 aromatic rings. The van der Waals surface area contributed by atoms with Crippen LogP contribution in [0.4, 0.5) is 0 Å². The summed E-state index contributed by atoms with van der Waals surface area (Å²) in [5.41, 5.74) is 3.95. The standard InChI is InChI=1S/C25H28N4O/c1-27-24(21-10-6-3-7-11-21)14-23(26-27)25(30)29-17-20-12-13-22(29)18-28(16-20)15-19-8-4-2-5-9-19/h2-11,14,20,22H,12-13,15-18H2,1H3/t20-,22+/m0/s1. The lowest BCUT2D eigenvalue weighted by molar-refractivity contribution is 0.0578. The number of amides is 1. The van der Waals surface area contributed by atoms with E-state index in [0.29, 0.717) is 11.6 Å². The molecule has 0 aliphatic carbocycles. The van der Waals surface area contributed by atoms with E-state index in [1.165, 1.54) is 12.0 Å². The van der Waals surface area contributed by atoms with Gasteiger partial charge in [0.15, 0.2) is 5.69 Å². The summed E-state index contributed by atoms with van der Waals surface area (Å²) in [6.07, 6.45) is 2.29. The van der Waals surface area contributed by atoms with Gasteiger partial charge in [0.25, 0.3) is 5.91 Å². The van der Waals surface area contributed by atoms with E-state index in [4.69, 9.17) is 0 Å². The first-order valence-electron chi connectivity index (χ1n) is 10.8. The van der Waals surface area contributed by atoms with E-state index in [0.717, 1.165) is 43.9 Å². The van der Waals surface area contributed by atoms with Gasteiger partial charge in [-0.3, -0.25) is 14.4 Å². The third kappa shape index (κ3) is 3.77. The number of benzene rings is 2. The minimum absolute atomic E-state index is 0.0732. The highest BCUT2D eigenvalue weighted by molar-refractivity contribution is 5.93. The molecule has 0 saturated carbocycles. The molecular weight excluding hydrogens is 372 g/mol. The second-order valence-corrected chi connectivity index (χ2v) is 8.64. The Balaban J connectivity index is 1.34. The highest BCUT2D eigenvalue weighted by atomic mass is 16.2. The van der Waals surface area contributed by atoms with Crippen molar-refractivity contribution >= 4 is 5.91 Å². The number of nitrogens with zero attached hydrogens (tertiary/aromatic N) is 4. The Labute approximate surface area is 177 Å². The molecule has 6 rings (SSSR count).